The van der Waals surface area contributed by atoms with Gasteiger partial charge in [0.05, 0.1) is 11.6 Å². The van der Waals surface area contributed by atoms with Gasteiger partial charge in [0.15, 0.2) is 0 Å². The number of rotatable bonds is 5. The first-order valence-electron chi connectivity index (χ1n) is 6.88. The summed E-state index contributed by atoms with van der Waals surface area (Å²) in [7, 11) is 0. The lowest BCUT2D eigenvalue weighted by Gasteiger charge is -2.10. The van der Waals surface area contributed by atoms with Gasteiger partial charge in [0.25, 0.3) is 0 Å². The zero-order valence-electron chi connectivity index (χ0n) is 12.2. The minimum atomic E-state index is -0.0798. The van der Waals surface area contributed by atoms with Crippen molar-refractivity contribution in [1.29, 1.82) is 5.26 Å². The molecule has 0 aliphatic heterocycles. The van der Waals surface area contributed by atoms with E-state index in [1.807, 2.05) is 31.2 Å². The van der Waals surface area contributed by atoms with Crippen molar-refractivity contribution in [2.24, 2.45) is 0 Å². The Bertz CT molecular complexity index is 705. The van der Waals surface area contributed by atoms with E-state index in [2.05, 4.69) is 10.6 Å². The fourth-order valence-electron chi connectivity index (χ4n) is 1.99. The van der Waals surface area contributed by atoms with Gasteiger partial charge in [-0.3, -0.25) is 4.79 Å². The van der Waals surface area contributed by atoms with Gasteiger partial charge < -0.3 is 10.6 Å². The molecule has 2 rings (SSSR count). The maximum absolute atomic E-state index is 11.9. The molecule has 0 bridgehead atoms. The SMILES string of the molecule is Cc1cc(Cl)ccc1NCCC(=O)Nc1ccc(C#N)cc1. The number of nitrogens with one attached hydrogen (secondary N) is 2. The number of nitrogens with zero attached hydrogens (tertiary/aromatic N) is 1. The molecule has 0 unspecified atom stereocenters. The molecule has 0 spiro atoms. The van der Waals surface area contributed by atoms with E-state index in [4.69, 9.17) is 16.9 Å². The van der Waals surface area contributed by atoms with Gasteiger partial charge in [-0.05, 0) is 55.0 Å². The third-order valence-electron chi connectivity index (χ3n) is 3.15. The molecule has 0 fully saturated rings. The number of anilines is 2. The van der Waals surface area contributed by atoms with Crippen LogP contribution in [-0.4, -0.2) is 12.5 Å². The molecule has 5 heteroatoms. The molecule has 112 valence electrons. The Kier molecular flexibility index (Phi) is 5.40. The molecule has 0 atom stereocenters. The highest BCUT2D eigenvalue weighted by atomic mass is 35.5. The quantitative estimate of drug-likeness (QED) is 0.878. The van der Waals surface area contributed by atoms with Crippen LogP contribution in [0.25, 0.3) is 0 Å². The number of carbonyl (C=O) groups excluding carboxylic acids is 1. The normalized spacial score (nSPS) is 9.86. The summed E-state index contributed by atoms with van der Waals surface area (Å²) in [5.41, 5.74) is 3.26. The maximum Gasteiger partial charge on any atom is 0.226 e. The van der Waals surface area contributed by atoms with Crippen LogP contribution in [0.15, 0.2) is 42.5 Å². The molecule has 0 radical (unpaired) electrons. The lowest BCUT2D eigenvalue weighted by Crippen LogP contribution is -2.16. The molecule has 0 saturated carbocycles. The van der Waals surface area contributed by atoms with Gasteiger partial charge in [0, 0.05) is 29.4 Å². The Balaban J connectivity index is 1.81. The van der Waals surface area contributed by atoms with Crippen LogP contribution in [0.2, 0.25) is 5.02 Å². The summed E-state index contributed by atoms with van der Waals surface area (Å²) in [6.45, 7) is 2.50. The molecule has 0 aliphatic carbocycles. The highest BCUT2D eigenvalue weighted by Gasteiger charge is 2.04. The summed E-state index contributed by atoms with van der Waals surface area (Å²) in [5.74, 6) is -0.0798. The molecular formula is C17H16ClN3O. The molecule has 0 saturated heterocycles. The van der Waals surface area contributed by atoms with E-state index in [-0.39, 0.29) is 5.91 Å². The molecular weight excluding hydrogens is 298 g/mol. The van der Waals surface area contributed by atoms with E-state index in [0.29, 0.717) is 29.2 Å². The van der Waals surface area contributed by atoms with E-state index in [1.165, 1.54) is 0 Å². The van der Waals surface area contributed by atoms with Crippen LogP contribution in [0.1, 0.15) is 17.5 Å². The minimum absolute atomic E-state index is 0.0798. The Morgan fingerprint density at radius 2 is 1.95 bits per heavy atom. The van der Waals surface area contributed by atoms with Crippen molar-refractivity contribution in [3.63, 3.8) is 0 Å². The number of halogens is 1. The van der Waals surface area contributed by atoms with Crippen LogP contribution in [0, 0.1) is 18.3 Å². The van der Waals surface area contributed by atoms with E-state index < -0.39 is 0 Å². The second kappa shape index (κ2) is 7.48. The van der Waals surface area contributed by atoms with E-state index in [1.54, 1.807) is 24.3 Å². The van der Waals surface area contributed by atoms with Gasteiger partial charge in [-0.25, -0.2) is 0 Å². The van der Waals surface area contributed by atoms with Crippen molar-refractivity contribution in [3.05, 3.63) is 58.6 Å². The maximum atomic E-state index is 11.9. The third kappa shape index (κ3) is 4.51. The summed E-state index contributed by atoms with van der Waals surface area (Å²) in [6.07, 6.45) is 0.349. The Morgan fingerprint density at radius 3 is 2.59 bits per heavy atom. The first-order valence-corrected chi connectivity index (χ1v) is 7.26. The predicted molar refractivity (Wildman–Crippen MR) is 89.1 cm³/mol. The summed E-state index contributed by atoms with van der Waals surface area (Å²) < 4.78 is 0. The number of hydrogen-bond acceptors (Lipinski definition) is 3. The van der Waals surface area contributed by atoms with Crippen molar-refractivity contribution in [3.8, 4) is 6.07 Å². The first kappa shape index (κ1) is 15.9. The fourth-order valence-corrected chi connectivity index (χ4v) is 2.21. The summed E-state index contributed by atoms with van der Waals surface area (Å²) in [4.78, 5) is 11.9. The van der Waals surface area contributed by atoms with Crippen LogP contribution in [0.3, 0.4) is 0 Å². The zero-order chi connectivity index (χ0) is 15.9. The highest BCUT2D eigenvalue weighted by Crippen LogP contribution is 2.19. The van der Waals surface area contributed by atoms with Crippen LogP contribution in [-0.2, 0) is 4.79 Å². The van der Waals surface area contributed by atoms with Crippen LogP contribution in [0.4, 0.5) is 11.4 Å². The van der Waals surface area contributed by atoms with Crippen LogP contribution >= 0.6 is 11.6 Å². The Hall–Kier alpha value is -2.51. The number of benzene rings is 2. The third-order valence-corrected chi connectivity index (χ3v) is 3.39. The molecule has 4 nitrogen and oxygen atoms in total. The van der Waals surface area contributed by atoms with E-state index in [9.17, 15) is 4.79 Å². The van der Waals surface area contributed by atoms with Crippen molar-refractivity contribution < 1.29 is 4.79 Å². The minimum Gasteiger partial charge on any atom is -0.384 e. The van der Waals surface area contributed by atoms with Gasteiger partial charge in [0.1, 0.15) is 0 Å². The number of aryl methyl sites for hydroxylation is 1. The van der Waals surface area contributed by atoms with Crippen molar-refractivity contribution in [2.45, 2.75) is 13.3 Å². The van der Waals surface area contributed by atoms with Crippen molar-refractivity contribution in [1.82, 2.24) is 0 Å². The van der Waals surface area contributed by atoms with Gasteiger partial charge >= 0.3 is 0 Å². The molecule has 0 heterocycles. The van der Waals surface area contributed by atoms with Gasteiger partial charge in [-0.15, -0.1) is 0 Å². The van der Waals surface area contributed by atoms with E-state index >= 15 is 0 Å². The Morgan fingerprint density at radius 1 is 1.23 bits per heavy atom. The molecule has 2 aromatic carbocycles. The monoisotopic (exact) mass is 313 g/mol. The predicted octanol–water partition coefficient (Wildman–Crippen LogP) is 3.96. The second-order valence-electron chi connectivity index (χ2n) is 4.87. The fraction of sp³-hybridized carbons (Fsp3) is 0.176. The summed E-state index contributed by atoms with van der Waals surface area (Å²) >= 11 is 5.90. The van der Waals surface area contributed by atoms with Gasteiger partial charge in [0.2, 0.25) is 5.91 Å². The number of nitriles is 1. The topological polar surface area (TPSA) is 64.9 Å². The van der Waals surface area contributed by atoms with E-state index in [0.717, 1.165) is 11.3 Å². The van der Waals surface area contributed by atoms with Crippen LogP contribution in [0.5, 0.6) is 0 Å². The largest absolute Gasteiger partial charge is 0.384 e. The van der Waals surface area contributed by atoms with Crippen LogP contribution < -0.4 is 10.6 Å². The lowest BCUT2D eigenvalue weighted by molar-refractivity contribution is -0.115. The molecule has 0 aromatic heterocycles. The van der Waals surface area contributed by atoms with Gasteiger partial charge in [-0.1, -0.05) is 11.6 Å². The van der Waals surface area contributed by atoms with Crippen molar-refractivity contribution in [2.75, 3.05) is 17.2 Å². The Labute approximate surface area is 134 Å². The highest BCUT2D eigenvalue weighted by molar-refractivity contribution is 6.30. The number of amides is 1. The average molecular weight is 314 g/mol. The lowest BCUT2D eigenvalue weighted by atomic mass is 10.2. The first-order chi connectivity index (χ1) is 10.6. The summed E-state index contributed by atoms with van der Waals surface area (Å²) in [5, 5.41) is 15.4. The standard InChI is InChI=1S/C17H16ClN3O/c1-12-10-14(18)4-7-16(12)20-9-8-17(22)21-15-5-2-13(11-19)3-6-15/h2-7,10,20H,8-9H2,1H3,(H,21,22). The second-order valence-corrected chi connectivity index (χ2v) is 5.31. The molecule has 22 heavy (non-hydrogen) atoms. The number of hydrogen-bond donors (Lipinski definition) is 2. The van der Waals surface area contributed by atoms with Crippen molar-refractivity contribution >= 4 is 28.9 Å². The average Bonchev–Trinajstić information content (AvgIpc) is 2.50. The van der Waals surface area contributed by atoms with Gasteiger partial charge in [-0.2, -0.15) is 5.26 Å². The smallest absolute Gasteiger partial charge is 0.226 e. The summed E-state index contributed by atoms with van der Waals surface area (Å²) in [6, 6.07) is 14.4. The zero-order valence-corrected chi connectivity index (χ0v) is 12.9. The molecule has 1 amide bonds. The molecule has 2 aromatic rings. The number of carbonyl (C=O) groups is 1. The molecule has 2 N–H and O–H groups in total. The molecule has 0 aliphatic rings.